The summed E-state index contributed by atoms with van der Waals surface area (Å²) in [6, 6.07) is 8.67. The normalized spacial score (nSPS) is 19.9. The third-order valence-corrected chi connectivity index (χ3v) is 3.88. The van der Waals surface area contributed by atoms with Crippen LogP contribution in [0.3, 0.4) is 0 Å². The zero-order valence-electron chi connectivity index (χ0n) is 11.8. The largest absolute Gasteiger partial charge is 0.496 e. The minimum absolute atomic E-state index is 0.431. The summed E-state index contributed by atoms with van der Waals surface area (Å²) in [5.74, 6) is 0.968. The molecule has 1 aliphatic heterocycles. The van der Waals surface area contributed by atoms with Gasteiger partial charge in [-0.25, -0.2) is 9.67 Å². The topological polar surface area (TPSA) is 43.2 Å². The zero-order valence-corrected chi connectivity index (χ0v) is 11.8. The Labute approximate surface area is 119 Å². The highest BCUT2D eigenvalue weighted by atomic mass is 16.5. The van der Waals surface area contributed by atoms with Gasteiger partial charge in [-0.3, -0.25) is 4.90 Å². The molecule has 0 radical (unpaired) electrons. The maximum Gasteiger partial charge on any atom is 0.137 e. The second-order valence-electron chi connectivity index (χ2n) is 5.22. The molecule has 1 saturated heterocycles. The van der Waals surface area contributed by atoms with Gasteiger partial charge in [-0.15, -0.1) is 0 Å². The number of para-hydroxylation sites is 1. The van der Waals surface area contributed by atoms with Crippen molar-refractivity contribution in [3.05, 3.63) is 42.5 Å². The van der Waals surface area contributed by atoms with E-state index >= 15 is 0 Å². The standard InChI is InChI=1S/C15H20N4O/c1-20-15-7-3-2-5-13(15)9-18-8-4-6-14(10-18)19-12-16-11-17-19/h2-3,5,7,11-12,14H,4,6,8-10H2,1H3. The third-order valence-electron chi connectivity index (χ3n) is 3.88. The van der Waals surface area contributed by atoms with Crippen LogP contribution in [0.5, 0.6) is 5.75 Å². The molecular formula is C15H20N4O. The summed E-state index contributed by atoms with van der Waals surface area (Å²) in [6.45, 7) is 3.07. The fraction of sp³-hybridized carbons (Fsp3) is 0.467. The van der Waals surface area contributed by atoms with Gasteiger partial charge in [-0.2, -0.15) is 5.10 Å². The molecule has 3 rings (SSSR count). The van der Waals surface area contributed by atoms with Gasteiger partial charge >= 0.3 is 0 Å². The summed E-state index contributed by atoms with van der Waals surface area (Å²) in [7, 11) is 1.73. The van der Waals surface area contributed by atoms with Gasteiger partial charge in [-0.05, 0) is 25.5 Å². The molecule has 1 aliphatic rings. The highest BCUT2D eigenvalue weighted by Gasteiger charge is 2.22. The van der Waals surface area contributed by atoms with E-state index in [4.69, 9.17) is 4.74 Å². The van der Waals surface area contributed by atoms with Crippen molar-refractivity contribution in [2.24, 2.45) is 0 Å². The number of hydrogen-bond donors (Lipinski definition) is 0. The molecule has 1 unspecified atom stereocenters. The monoisotopic (exact) mass is 272 g/mol. The van der Waals surface area contributed by atoms with Crippen molar-refractivity contribution < 1.29 is 4.74 Å². The Hall–Kier alpha value is -1.88. The lowest BCUT2D eigenvalue weighted by Crippen LogP contribution is -2.36. The number of methoxy groups -OCH3 is 1. The Bertz CT molecular complexity index is 541. The number of rotatable bonds is 4. The number of aromatic nitrogens is 3. The molecule has 1 aromatic carbocycles. The van der Waals surface area contributed by atoms with Crippen molar-refractivity contribution in [2.45, 2.75) is 25.4 Å². The number of likely N-dealkylation sites (tertiary alicyclic amines) is 1. The smallest absolute Gasteiger partial charge is 0.137 e. The Morgan fingerprint density at radius 2 is 2.25 bits per heavy atom. The second-order valence-corrected chi connectivity index (χ2v) is 5.22. The first-order chi connectivity index (χ1) is 9.86. The average molecular weight is 272 g/mol. The van der Waals surface area contributed by atoms with Gasteiger partial charge < -0.3 is 4.74 Å². The first kappa shape index (κ1) is 13.1. The van der Waals surface area contributed by atoms with Crippen molar-refractivity contribution in [3.8, 4) is 5.75 Å². The van der Waals surface area contributed by atoms with Gasteiger partial charge in [0.1, 0.15) is 18.4 Å². The molecule has 0 bridgehead atoms. The fourth-order valence-corrected chi connectivity index (χ4v) is 2.87. The zero-order chi connectivity index (χ0) is 13.8. The lowest BCUT2D eigenvalue weighted by atomic mass is 10.0. The Balaban J connectivity index is 1.68. The van der Waals surface area contributed by atoms with Crippen molar-refractivity contribution in [1.82, 2.24) is 19.7 Å². The van der Waals surface area contributed by atoms with E-state index in [1.165, 1.54) is 18.4 Å². The minimum Gasteiger partial charge on any atom is -0.496 e. The predicted octanol–water partition coefficient (Wildman–Crippen LogP) is 2.12. The van der Waals surface area contributed by atoms with Crippen LogP contribution >= 0.6 is 0 Å². The van der Waals surface area contributed by atoms with Crippen LogP contribution in [0.1, 0.15) is 24.4 Å². The minimum atomic E-state index is 0.431. The molecule has 0 saturated carbocycles. The molecule has 1 aromatic heterocycles. The quantitative estimate of drug-likeness (QED) is 0.855. The predicted molar refractivity (Wildman–Crippen MR) is 76.6 cm³/mol. The van der Waals surface area contributed by atoms with E-state index in [1.807, 2.05) is 23.1 Å². The Morgan fingerprint density at radius 3 is 3.05 bits per heavy atom. The van der Waals surface area contributed by atoms with E-state index in [0.717, 1.165) is 25.4 Å². The van der Waals surface area contributed by atoms with Crippen LogP contribution in [0.25, 0.3) is 0 Å². The van der Waals surface area contributed by atoms with Gasteiger partial charge in [0, 0.05) is 18.7 Å². The van der Waals surface area contributed by atoms with E-state index < -0.39 is 0 Å². The molecule has 2 heterocycles. The first-order valence-electron chi connectivity index (χ1n) is 7.05. The SMILES string of the molecule is COc1ccccc1CN1CCCC(n2cncn2)C1. The maximum atomic E-state index is 5.43. The lowest BCUT2D eigenvalue weighted by Gasteiger charge is -2.32. The first-order valence-corrected chi connectivity index (χ1v) is 7.05. The summed E-state index contributed by atoms with van der Waals surface area (Å²) in [6.07, 6.45) is 5.79. The van der Waals surface area contributed by atoms with Crippen molar-refractivity contribution >= 4 is 0 Å². The highest BCUT2D eigenvalue weighted by Crippen LogP contribution is 2.24. The summed E-state index contributed by atoms with van der Waals surface area (Å²) in [5.41, 5.74) is 1.24. The second kappa shape index (κ2) is 6.05. The van der Waals surface area contributed by atoms with E-state index in [0.29, 0.717) is 6.04 Å². The van der Waals surface area contributed by atoms with E-state index in [-0.39, 0.29) is 0 Å². The molecule has 0 amide bonds. The number of piperidine rings is 1. The number of ether oxygens (including phenoxy) is 1. The fourth-order valence-electron chi connectivity index (χ4n) is 2.87. The lowest BCUT2D eigenvalue weighted by molar-refractivity contribution is 0.161. The number of benzene rings is 1. The molecule has 2 aromatic rings. The molecule has 5 heteroatoms. The van der Waals surface area contributed by atoms with E-state index in [9.17, 15) is 0 Å². The van der Waals surface area contributed by atoms with Crippen LogP contribution in [0, 0.1) is 0 Å². The van der Waals surface area contributed by atoms with Crippen LogP contribution in [0.4, 0.5) is 0 Å². The van der Waals surface area contributed by atoms with Gasteiger partial charge in [0.15, 0.2) is 0 Å². The molecule has 20 heavy (non-hydrogen) atoms. The highest BCUT2D eigenvalue weighted by molar-refractivity contribution is 5.33. The van der Waals surface area contributed by atoms with Crippen LogP contribution in [0.15, 0.2) is 36.9 Å². The summed E-state index contributed by atoms with van der Waals surface area (Å²) in [5, 5.41) is 4.27. The maximum absolute atomic E-state index is 5.43. The molecular weight excluding hydrogens is 252 g/mol. The molecule has 1 fully saturated rings. The van der Waals surface area contributed by atoms with Gasteiger partial charge in [-0.1, -0.05) is 18.2 Å². The van der Waals surface area contributed by atoms with Gasteiger partial charge in [0.2, 0.25) is 0 Å². The van der Waals surface area contributed by atoms with Gasteiger partial charge in [0.05, 0.1) is 13.2 Å². The Morgan fingerprint density at radius 1 is 1.35 bits per heavy atom. The van der Waals surface area contributed by atoms with Crippen molar-refractivity contribution in [1.29, 1.82) is 0 Å². The number of nitrogens with zero attached hydrogens (tertiary/aromatic N) is 4. The molecule has 1 atom stereocenters. The van der Waals surface area contributed by atoms with Crippen molar-refractivity contribution in [3.63, 3.8) is 0 Å². The van der Waals surface area contributed by atoms with Crippen molar-refractivity contribution in [2.75, 3.05) is 20.2 Å². The van der Waals surface area contributed by atoms with Gasteiger partial charge in [0.25, 0.3) is 0 Å². The van der Waals surface area contributed by atoms with Crippen LogP contribution in [0.2, 0.25) is 0 Å². The van der Waals surface area contributed by atoms with Crippen LogP contribution in [-0.4, -0.2) is 39.9 Å². The number of hydrogen-bond acceptors (Lipinski definition) is 4. The summed E-state index contributed by atoms with van der Waals surface area (Å²) >= 11 is 0. The summed E-state index contributed by atoms with van der Waals surface area (Å²) in [4.78, 5) is 6.51. The molecule has 0 spiro atoms. The summed E-state index contributed by atoms with van der Waals surface area (Å²) < 4.78 is 7.41. The molecule has 0 aliphatic carbocycles. The molecule has 0 N–H and O–H groups in total. The van der Waals surface area contributed by atoms with E-state index in [2.05, 4.69) is 27.1 Å². The van der Waals surface area contributed by atoms with E-state index in [1.54, 1.807) is 13.4 Å². The average Bonchev–Trinajstić information content (AvgIpc) is 3.02. The van der Waals surface area contributed by atoms with Crippen LogP contribution < -0.4 is 4.74 Å². The van der Waals surface area contributed by atoms with Crippen LogP contribution in [-0.2, 0) is 6.54 Å². The molecule has 5 nitrogen and oxygen atoms in total. The Kier molecular flexibility index (Phi) is 3.97. The molecule has 106 valence electrons. The third kappa shape index (κ3) is 2.82.